The van der Waals surface area contributed by atoms with Gasteiger partial charge in [0.15, 0.2) is 0 Å². The molecular weight excluding hydrogens is 238 g/mol. The van der Waals surface area contributed by atoms with Crippen LogP contribution >= 0.6 is 0 Å². The predicted molar refractivity (Wildman–Crippen MR) is 61.1 cm³/mol. The van der Waals surface area contributed by atoms with Crippen molar-refractivity contribution in [3.05, 3.63) is 23.7 Å². The molecule has 1 amide bonds. The molecule has 0 unspecified atom stereocenters. The molecule has 1 saturated heterocycles. The molecular formula is C12H15NO5. The van der Waals surface area contributed by atoms with Crippen LogP contribution in [0, 0.1) is 0 Å². The van der Waals surface area contributed by atoms with Gasteiger partial charge in [0.05, 0.1) is 6.54 Å². The maximum atomic E-state index is 11.9. The molecule has 1 fully saturated rings. The summed E-state index contributed by atoms with van der Waals surface area (Å²) in [6.45, 7) is 2.50. The zero-order valence-electron chi connectivity index (χ0n) is 10.1. The lowest BCUT2D eigenvalue weighted by molar-refractivity contribution is -0.139. The van der Waals surface area contributed by atoms with Crippen LogP contribution in [-0.4, -0.2) is 29.2 Å². The minimum atomic E-state index is -1.13. The average Bonchev–Trinajstić information content (AvgIpc) is 2.95. The monoisotopic (exact) mass is 253 g/mol. The number of aromatic carboxylic acids is 1. The lowest BCUT2D eigenvalue weighted by Crippen LogP contribution is -2.43. The molecule has 6 heteroatoms. The summed E-state index contributed by atoms with van der Waals surface area (Å²) in [5, 5.41) is 11.4. The van der Waals surface area contributed by atoms with Crippen LogP contribution in [0.1, 0.15) is 36.1 Å². The Morgan fingerprint density at radius 2 is 2.28 bits per heavy atom. The normalized spacial score (nSPS) is 22.9. The first-order valence-corrected chi connectivity index (χ1v) is 5.75. The topological polar surface area (TPSA) is 88.8 Å². The average molecular weight is 253 g/mol. The lowest BCUT2D eigenvalue weighted by atomic mass is 10.0. The van der Waals surface area contributed by atoms with Crippen molar-refractivity contribution in [3.8, 4) is 0 Å². The zero-order chi connectivity index (χ0) is 13.2. The number of rotatable bonds is 4. The predicted octanol–water partition coefficient (Wildman–Crippen LogP) is 1.16. The highest BCUT2D eigenvalue weighted by molar-refractivity contribution is 5.85. The number of carboxylic acid groups (broad SMARTS) is 1. The summed E-state index contributed by atoms with van der Waals surface area (Å²) in [4.78, 5) is 22.5. The summed E-state index contributed by atoms with van der Waals surface area (Å²) in [6, 6.07) is 2.89. The number of amides is 1. The van der Waals surface area contributed by atoms with E-state index in [-0.39, 0.29) is 18.2 Å². The van der Waals surface area contributed by atoms with E-state index in [4.69, 9.17) is 14.3 Å². The smallest absolute Gasteiger partial charge is 0.371 e. The molecule has 0 aliphatic carbocycles. The van der Waals surface area contributed by atoms with Crippen LogP contribution in [0.2, 0.25) is 0 Å². The van der Waals surface area contributed by atoms with E-state index in [2.05, 4.69) is 5.32 Å². The first-order chi connectivity index (χ1) is 8.51. The number of ether oxygens (including phenoxy) is 1. The Labute approximate surface area is 104 Å². The summed E-state index contributed by atoms with van der Waals surface area (Å²) in [5.74, 6) is -1.06. The van der Waals surface area contributed by atoms with E-state index in [1.54, 1.807) is 6.92 Å². The molecule has 2 heterocycles. The maximum Gasteiger partial charge on any atom is 0.371 e. The van der Waals surface area contributed by atoms with Crippen molar-refractivity contribution in [3.63, 3.8) is 0 Å². The van der Waals surface area contributed by atoms with Crippen molar-refractivity contribution in [2.75, 3.05) is 6.61 Å². The van der Waals surface area contributed by atoms with Crippen LogP contribution in [-0.2, 0) is 16.1 Å². The number of carboxylic acids is 1. The largest absolute Gasteiger partial charge is 0.475 e. The first kappa shape index (κ1) is 12.6. The van der Waals surface area contributed by atoms with E-state index in [0.717, 1.165) is 6.42 Å². The Morgan fingerprint density at radius 3 is 2.83 bits per heavy atom. The van der Waals surface area contributed by atoms with Gasteiger partial charge in [-0.15, -0.1) is 0 Å². The molecule has 0 bridgehead atoms. The first-order valence-electron chi connectivity index (χ1n) is 5.75. The number of furan rings is 1. The fourth-order valence-electron chi connectivity index (χ4n) is 1.90. The highest BCUT2D eigenvalue weighted by atomic mass is 16.5. The van der Waals surface area contributed by atoms with Gasteiger partial charge in [0, 0.05) is 6.61 Å². The number of nitrogens with one attached hydrogen (secondary N) is 1. The van der Waals surface area contributed by atoms with Gasteiger partial charge in [0.1, 0.15) is 11.4 Å². The van der Waals surface area contributed by atoms with Crippen molar-refractivity contribution in [2.24, 2.45) is 0 Å². The van der Waals surface area contributed by atoms with E-state index in [1.807, 2.05) is 0 Å². The molecule has 2 N–H and O–H groups in total. The van der Waals surface area contributed by atoms with Crippen LogP contribution in [0.3, 0.4) is 0 Å². The van der Waals surface area contributed by atoms with Crippen LogP contribution < -0.4 is 5.32 Å². The Kier molecular flexibility index (Phi) is 3.38. The summed E-state index contributed by atoms with van der Waals surface area (Å²) in [6.07, 6.45) is 1.56. The molecule has 0 aromatic carbocycles. The van der Waals surface area contributed by atoms with E-state index in [9.17, 15) is 9.59 Å². The third-order valence-corrected chi connectivity index (χ3v) is 2.99. The number of hydrogen-bond acceptors (Lipinski definition) is 4. The molecule has 0 spiro atoms. The molecule has 1 atom stereocenters. The van der Waals surface area contributed by atoms with E-state index in [0.29, 0.717) is 18.8 Å². The zero-order valence-corrected chi connectivity index (χ0v) is 10.1. The van der Waals surface area contributed by atoms with Gasteiger partial charge in [-0.25, -0.2) is 4.79 Å². The van der Waals surface area contributed by atoms with Crippen molar-refractivity contribution >= 4 is 11.9 Å². The van der Waals surface area contributed by atoms with Gasteiger partial charge in [-0.1, -0.05) is 0 Å². The van der Waals surface area contributed by atoms with Crippen LogP contribution in [0.15, 0.2) is 16.5 Å². The van der Waals surface area contributed by atoms with Gasteiger partial charge < -0.3 is 19.6 Å². The van der Waals surface area contributed by atoms with Gasteiger partial charge in [0.25, 0.3) is 5.91 Å². The molecule has 1 aliphatic heterocycles. The van der Waals surface area contributed by atoms with Gasteiger partial charge in [0.2, 0.25) is 5.76 Å². The fraction of sp³-hybridized carbons (Fsp3) is 0.500. The summed E-state index contributed by atoms with van der Waals surface area (Å²) >= 11 is 0. The van der Waals surface area contributed by atoms with Gasteiger partial charge >= 0.3 is 5.97 Å². The van der Waals surface area contributed by atoms with Crippen molar-refractivity contribution in [1.82, 2.24) is 5.32 Å². The van der Waals surface area contributed by atoms with Crippen molar-refractivity contribution in [1.29, 1.82) is 0 Å². The molecule has 0 saturated carbocycles. The fourth-order valence-corrected chi connectivity index (χ4v) is 1.90. The molecule has 0 radical (unpaired) electrons. The molecule has 6 nitrogen and oxygen atoms in total. The second-order valence-corrected chi connectivity index (χ2v) is 4.44. The Morgan fingerprint density at radius 1 is 1.50 bits per heavy atom. The Bertz CT molecular complexity index is 459. The molecule has 98 valence electrons. The van der Waals surface area contributed by atoms with E-state index in [1.165, 1.54) is 12.1 Å². The Hall–Kier alpha value is -1.82. The highest BCUT2D eigenvalue weighted by Gasteiger charge is 2.37. The quantitative estimate of drug-likeness (QED) is 0.840. The number of carbonyl (C=O) groups excluding carboxylic acids is 1. The maximum absolute atomic E-state index is 11.9. The van der Waals surface area contributed by atoms with Crippen molar-refractivity contribution in [2.45, 2.75) is 31.9 Å². The standard InChI is InChI=1S/C12H15NO5/c1-12(5-2-6-17-12)11(16)13-7-8-3-4-9(18-8)10(14)15/h3-4H,2,5-7H2,1H3,(H,13,16)(H,14,15)/t12-/m1/s1. The van der Waals surface area contributed by atoms with Crippen LogP contribution in [0.5, 0.6) is 0 Å². The van der Waals surface area contributed by atoms with E-state index >= 15 is 0 Å². The number of carbonyl (C=O) groups is 2. The van der Waals surface area contributed by atoms with Crippen LogP contribution in [0.4, 0.5) is 0 Å². The molecule has 1 aromatic heterocycles. The molecule has 18 heavy (non-hydrogen) atoms. The third kappa shape index (κ3) is 2.53. The summed E-state index contributed by atoms with van der Waals surface area (Å²) < 4.78 is 10.4. The summed E-state index contributed by atoms with van der Waals surface area (Å²) in [5.41, 5.74) is -0.776. The lowest BCUT2D eigenvalue weighted by Gasteiger charge is -2.21. The second-order valence-electron chi connectivity index (χ2n) is 4.44. The van der Waals surface area contributed by atoms with Gasteiger partial charge in [-0.05, 0) is 31.9 Å². The Balaban J connectivity index is 1.90. The molecule has 1 aliphatic rings. The highest BCUT2D eigenvalue weighted by Crippen LogP contribution is 2.25. The van der Waals surface area contributed by atoms with Gasteiger partial charge in [-0.3, -0.25) is 4.79 Å². The van der Waals surface area contributed by atoms with Crippen LogP contribution in [0.25, 0.3) is 0 Å². The number of hydrogen-bond donors (Lipinski definition) is 2. The SMILES string of the molecule is C[C@]1(C(=O)NCc2ccc(C(=O)O)o2)CCCO1. The molecule has 1 aromatic rings. The minimum absolute atomic E-state index is 0.137. The van der Waals surface area contributed by atoms with Crippen molar-refractivity contribution < 1.29 is 23.8 Å². The summed E-state index contributed by atoms with van der Waals surface area (Å²) in [7, 11) is 0. The molecule has 2 rings (SSSR count). The van der Waals surface area contributed by atoms with Gasteiger partial charge in [-0.2, -0.15) is 0 Å². The minimum Gasteiger partial charge on any atom is -0.475 e. The second kappa shape index (κ2) is 4.81. The third-order valence-electron chi connectivity index (χ3n) is 2.99. The van der Waals surface area contributed by atoms with E-state index < -0.39 is 11.6 Å².